The molecule has 0 aliphatic heterocycles. The lowest BCUT2D eigenvalue weighted by molar-refractivity contribution is -0.0244. The lowest BCUT2D eigenvalue weighted by Gasteiger charge is -2.21. The highest BCUT2D eigenvalue weighted by atomic mass is 16.5. The van der Waals surface area contributed by atoms with E-state index in [0.29, 0.717) is 11.8 Å². The second-order valence-corrected chi connectivity index (χ2v) is 3.52. The van der Waals surface area contributed by atoms with E-state index in [1.54, 1.807) is 14.0 Å². The Balaban J connectivity index is 2.95. The molecule has 0 radical (unpaired) electrons. The van der Waals surface area contributed by atoms with Gasteiger partial charge in [-0.15, -0.1) is 10.2 Å². The molecule has 2 atom stereocenters. The van der Waals surface area contributed by atoms with E-state index < -0.39 is 5.60 Å². The molecule has 2 unspecified atom stereocenters. The number of rotatable bonds is 4. The fourth-order valence-electron chi connectivity index (χ4n) is 1.02. The molecule has 2 N–H and O–H groups in total. The maximum Gasteiger partial charge on any atom is 0.248 e. The second kappa shape index (κ2) is 4.06. The number of ether oxygens (including phenoxy) is 1. The molecular weight excluding hydrogens is 182 g/mol. The van der Waals surface area contributed by atoms with Crippen LogP contribution in [0.25, 0.3) is 0 Å². The molecule has 1 aromatic rings. The van der Waals surface area contributed by atoms with Crippen molar-refractivity contribution in [2.45, 2.75) is 38.8 Å². The maximum absolute atomic E-state index is 5.62. The van der Waals surface area contributed by atoms with Gasteiger partial charge in [0.05, 0.1) is 6.04 Å². The summed E-state index contributed by atoms with van der Waals surface area (Å²) >= 11 is 0. The predicted octanol–water partition coefficient (Wildman–Crippen LogP) is 1.36. The van der Waals surface area contributed by atoms with Crippen molar-refractivity contribution in [1.29, 1.82) is 0 Å². The molecular formula is C9H17N3O2. The Morgan fingerprint density at radius 3 is 2.57 bits per heavy atom. The van der Waals surface area contributed by atoms with E-state index >= 15 is 0 Å². The first kappa shape index (κ1) is 11.1. The van der Waals surface area contributed by atoms with Crippen LogP contribution in [0.1, 0.15) is 45.0 Å². The molecule has 1 heterocycles. The summed E-state index contributed by atoms with van der Waals surface area (Å²) in [4.78, 5) is 0. The number of hydrogen-bond acceptors (Lipinski definition) is 5. The van der Waals surface area contributed by atoms with Gasteiger partial charge in [0.2, 0.25) is 11.8 Å². The van der Waals surface area contributed by atoms with E-state index in [0.717, 1.165) is 6.42 Å². The highest BCUT2D eigenvalue weighted by Crippen LogP contribution is 2.27. The van der Waals surface area contributed by atoms with Crippen molar-refractivity contribution >= 4 is 0 Å². The summed E-state index contributed by atoms with van der Waals surface area (Å²) in [6.07, 6.45) is 0.768. The van der Waals surface area contributed by atoms with E-state index in [-0.39, 0.29) is 6.04 Å². The van der Waals surface area contributed by atoms with Gasteiger partial charge in [0, 0.05) is 7.11 Å². The molecule has 0 bridgehead atoms. The number of nitrogens with zero attached hydrogens (tertiary/aromatic N) is 2. The molecule has 14 heavy (non-hydrogen) atoms. The van der Waals surface area contributed by atoms with Gasteiger partial charge in [-0.05, 0) is 20.3 Å². The van der Waals surface area contributed by atoms with Gasteiger partial charge in [-0.3, -0.25) is 0 Å². The van der Waals surface area contributed by atoms with Crippen molar-refractivity contribution < 1.29 is 9.15 Å². The van der Waals surface area contributed by atoms with Crippen molar-refractivity contribution in [3.63, 3.8) is 0 Å². The summed E-state index contributed by atoms with van der Waals surface area (Å²) in [5.41, 5.74) is 5.10. The summed E-state index contributed by atoms with van der Waals surface area (Å²) in [5, 5.41) is 7.79. The van der Waals surface area contributed by atoms with Gasteiger partial charge in [0.1, 0.15) is 5.60 Å². The minimum Gasteiger partial charge on any atom is -0.420 e. The standard InChI is InChI=1S/C9H17N3O2/c1-5-9(3,13-4)8-12-11-7(14-8)6(2)10/h6H,5,10H2,1-4H3. The lowest BCUT2D eigenvalue weighted by Crippen LogP contribution is -2.23. The van der Waals surface area contributed by atoms with E-state index in [4.69, 9.17) is 14.9 Å². The zero-order valence-electron chi connectivity index (χ0n) is 9.07. The van der Waals surface area contributed by atoms with Crippen LogP contribution in [-0.2, 0) is 10.3 Å². The molecule has 80 valence electrons. The highest BCUT2D eigenvalue weighted by Gasteiger charge is 2.30. The Kier molecular flexibility index (Phi) is 3.23. The summed E-state index contributed by atoms with van der Waals surface area (Å²) in [5.74, 6) is 0.923. The average molecular weight is 199 g/mol. The third-order valence-electron chi connectivity index (χ3n) is 2.41. The van der Waals surface area contributed by atoms with Crippen LogP contribution in [0.2, 0.25) is 0 Å². The van der Waals surface area contributed by atoms with Crippen LogP contribution >= 0.6 is 0 Å². The number of hydrogen-bond donors (Lipinski definition) is 1. The van der Waals surface area contributed by atoms with E-state index in [9.17, 15) is 0 Å². The summed E-state index contributed by atoms with van der Waals surface area (Å²) in [7, 11) is 1.62. The Hall–Kier alpha value is -0.940. The van der Waals surface area contributed by atoms with Gasteiger partial charge >= 0.3 is 0 Å². The summed E-state index contributed by atoms with van der Waals surface area (Å²) < 4.78 is 10.7. The Morgan fingerprint density at radius 2 is 2.21 bits per heavy atom. The van der Waals surface area contributed by atoms with Crippen molar-refractivity contribution in [1.82, 2.24) is 10.2 Å². The Bertz CT molecular complexity index is 292. The smallest absolute Gasteiger partial charge is 0.248 e. The average Bonchev–Trinajstić information content (AvgIpc) is 2.66. The Labute approximate surface area is 83.6 Å². The van der Waals surface area contributed by atoms with Gasteiger partial charge < -0.3 is 14.9 Å². The number of aromatic nitrogens is 2. The molecule has 5 nitrogen and oxygen atoms in total. The molecule has 0 aliphatic rings. The molecule has 0 amide bonds. The minimum atomic E-state index is -0.514. The van der Waals surface area contributed by atoms with Crippen LogP contribution in [-0.4, -0.2) is 17.3 Å². The van der Waals surface area contributed by atoms with Crippen LogP contribution in [0, 0.1) is 0 Å². The topological polar surface area (TPSA) is 74.2 Å². The predicted molar refractivity (Wildman–Crippen MR) is 51.6 cm³/mol. The summed E-state index contributed by atoms with van der Waals surface area (Å²) in [6, 6.07) is -0.241. The first-order chi connectivity index (χ1) is 6.53. The Morgan fingerprint density at radius 1 is 1.57 bits per heavy atom. The molecule has 5 heteroatoms. The van der Waals surface area contributed by atoms with Crippen LogP contribution in [0.3, 0.4) is 0 Å². The first-order valence-electron chi connectivity index (χ1n) is 4.68. The van der Waals surface area contributed by atoms with E-state index in [1.807, 2.05) is 13.8 Å². The largest absolute Gasteiger partial charge is 0.420 e. The quantitative estimate of drug-likeness (QED) is 0.792. The molecule has 0 spiro atoms. The normalized spacial score (nSPS) is 17.8. The summed E-state index contributed by atoms with van der Waals surface area (Å²) in [6.45, 7) is 5.71. The molecule has 0 saturated carbocycles. The van der Waals surface area contributed by atoms with Gasteiger partial charge in [0.15, 0.2) is 0 Å². The van der Waals surface area contributed by atoms with Gasteiger partial charge in [-0.1, -0.05) is 6.92 Å². The first-order valence-corrected chi connectivity index (χ1v) is 4.68. The zero-order valence-corrected chi connectivity index (χ0v) is 9.07. The zero-order chi connectivity index (χ0) is 10.8. The van der Waals surface area contributed by atoms with E-state index in [2.05, 4.69) is 10.2 Å². The van der Waals surface area contributed by atoms with Crippen LogP contribution in [0.5, 0.6) is 0 Å². The van der Waals surface area contributed by atoms with Crippen LogP contribution < -0.4 is 5.73 Å². The van der Waals surface area contributed by atoms with Gasteiger partial charge in [0.25, 0.3) is 0 Å². The molecule has 1 rings (SSSR count). The molecule has 0 aliphatic carbocycles. The monoisotopic (exact) mass is 199 g/mol. The highest BCUT2D eigenvalue weighted by molar-refractivity contribution is 4.96. The minimum absolute atomic E-state index is 0.241. The molecule has 1 aromatic heterocycles. The number of nitrogens with two attached hydrogens (primary N) is 1. The molecule has 0 saturated heterocycles. The van der Waals surface area contributed by atoms with E-state index in [1.165, 1.54) is 0 Å². The van der Waals surface area contributed by atoms with Crippen molar-refractivity contribution in [2.75, 3.05) is 7.11 Å². The molecule has 0 fully saturated rings. The fraction of sp³-hybridized carbons (Fsp3) is 0.778. The third kappa shape index (κ3) is 1.93. The van der Waals surface area contributed by atoms with Crippen molar-refractivity contribution in [3.05, 3.63) is 11.8 Å². The second-order valence-electron chi connectivity index (χ2n) is 3.52. The third-order valence-corrected chi connectivity index (χ3v) is 2.41. The molecule has 0 aromatic carbocycles. The van der Waals surface area contributed by atoms with Crippen LogP contribution in [0.4, 0.5) is 0 Å². The maximum atomic E-state index is 5.62. The number of methoxy groups -OCH3 is 1. The lowest BCUT2D eigenvalue weighted by atomic mass is 10.0. The van der Waals surface area contributed by atoms with Gasteiger partial charge in [-0.2, -0.15) is 0 Å². The SMILES string of the molecule is CCC(C)(OC)c1nnc(C(C)N)o1. The van der Waals surface area contributed by atoms with Crippen LogP contribution in [0.15, 0.2) is 4.42 Å². The van der Waals surface area contributed by atoms with Crippen molar-refractivity contribution in [3.8, 4) is 0 Å². The van der Waals surface area contributed by atoms with Crippen molar-refractivity contribution in [2.24, 2.45) is 5.73 Å². The van der Waals surface area contributed by atoms with Gasteiger partial charge in [-0.25, -0.2) is 0 Å². The fourth-order valence-corrected chi connectivity index (χ4v) is 1.02.